The van der Waals surface area contributed by atoms with Crippen LogP contribution in [-0.2, 0) is 11.2 Å². The summed E-state index contributed by atoms with van der Waals surface area (Å²) in [6.07, 6.45) is 1.23. The van der Waals surface area contributed by atoms with Gasteiger partial charge in [-0.2, -0.15) is 0 Å². The molecule has 3 nitrogen and oxygen atoms in total. The fraction of sp³-hybridized carbons (Fsp3) is 0.500. The first-order valence-electron chi connectivity index (χ1n) is 6.90. The third-order valence-electron chi connectivity index (χ3n) is 4.16. The number of halogens is 2. The normalized spacial score (nSPS) is 20.5. The van der Waals surface area contributed by atoms with Gasteiger partial charge in [0, 0.05) is 17.4 Å². The summed E-state index contributed by atoms with van der Waals surface area (Å²) in [5.41, 5.74) is 0.523. The lowest BCUT2D eigenvalue weighted by Crippen LogP contribution is -2.29. The molecule has 1 aliphatic carbocycles. The molecule has 0 bridgehead atoms. The molecule has 114 valence electrons. The van der Waals surface area contributed by atoms with Crippen molar-refractivity contribution in [1.29, 1.82) is 0 Å². The highest BCUT2D eigenvalue weighted by Gasteiger charge is 2.45. The van der Waals surface area contributed by atoms with Crippen LogP contribution in [0.5, 0.6) is 5.75 Å². The first kappa shape index (κ1) is 16.0. The Morgan fingerprint density at radius 3 is 2.71 bits per heavy atom. The number of methoxy groups -OCH3 is 1. The minimum absolute atomic E-state index is 0.00704. The van der Waals surface area contributed by atoms with Gasteiger partial charge >= 0.3 is 0 Å². The van der Waals surface area contributed by atoms with Gasteiger partial charge in [0.1, 0.15) is 11.5 Å². The first-order chi connectivity index (χ1) is 9.93. The molecule has 0 amide bonds. The molecular formula is C16H18ClFO3. The van der Waals surface area contributed by atoms with Crippen molar-refractivity contribution in [3.8, 4) is 5.75 Å². The van der Waals surface area contributed by atoms with Gasteiger partial charge < -0.3 is 9.53 Å². The van der Waals surface area contributed by atoms with E-state index in [9.17, 15) is 14.0 Å². The molecule has 0 saturated carbocycles. The van der Waals surface area contributed by atoms with E-state index in [1.807, 2.05) is 0 Å². The van der Waals surface area contributed by atoms with Crippen molar-refractivity contribution < 1.29 is 18.7 Å². The number of hydrogen-bond acceptors (Lipinski definition) is 3. The molecular weight excluding hydrogens is 295 g/mol. The smallest absolute Gasteiger partial charge is 0.169 e. The van der Waals surface area contributed by atoms with Gasteiger partial charge in [-0.15, -0.1) is 0 Å². The Kier molecular flexibility index (Phi) is 4.67. The number of carbonyl (C=O) groups is 2. The van der Waals surface area contributed by atoms with E-state index >= 15 is 0 Å². The summed E-state index contributed by atoms with van der Waals surface area (Å²) in [6.45, 7) is 0.901. The van der Waals surface area contributed by atoms with E-state index in [1.165, 1.54) is 14.0 Å². The van der Waals surface area contributed by atoms with Crippen LogP contribution in [0.3, 0.4) is 0 Å². The summed E-state index contributed by atoms with van der Waals surface area (Å²) >= 11 is 6.07. The Balaban J connectivity index is 2.38. The standard InChI is InChI=1S/C16H18ClFO3/c1-10(19)3-4-16(5-6-18)9-11-7-14(21-2)13(17)8-12(11)15(16)20/h7-8H,3-6,9H2,1-2H3. The minimum atomic E-state index is -0.821. The quantitative estimate of drug-likeness (QED) is 0.802. The Morgan fingerprint density at radius 2 is 2.14 bits per heavy atom. The highest BCUT2D eigenvalue weighted by Crippen LogP contribution is 2.45. The zero-order valence-electron chi connectivity index (χ0n) is 12.2. The molecule has 1 aromatic carbocycles. The van der Waals surface area contributed by atoms with E-state index in [4.69, 9.17) is 16.3 Å². The molecule has 1 aromatic rings. The molecule has 0 heterocycles. The zero-order valence-corrected chi connectivity index (χ0v) is 12.9. The highest BCUT2D eigenvalue weighted by molar-refractivity contribution is 6.32. The summed E-state index contributed by atoms with van der Waals surface area (Å²) in [5, 5.41) is 0.368. The van der Waals surface area contributed by atoms with Crippen molar-refractivity contribution >= 4 is 23.2 Å². The van der Waals surface area contributed by atoms with E-state index in [-0.39, 0.29) is 24.4 Å². The van der Waals surface area contributed by atoms with Crippen LogP contribution in [0.4, 0.5) is 4.39 Å². The van der Waals surface area contributed by atoms with Crippen LogP contribution in [0.1, 0.15) is 42.1 Å². The summed E-state index contributed by atoms with van der Waals surface area (Å²) in [6, 6.07) is 3.33. The lowest BCUT2D eigenvalue weighted by molar-refractivity contribution is -0.117. The molecule has 5 heteroatoms. The largest absolute Gasteiger partial charge is 0.495 e. The number of alkyl halides is 1. The molecule has 0 aromatic heterocycles. The van der Waals surface area contributed by atoms with Gasteiger partial charge in [-0.05, 0) is 43.9 Å². The van der Waals surface area contributed by atoms with Crippen LogP contribution >= 0.6 is 11.6 Å². The number of fused-ring (bicyclic) bond motifs is 1. The van der Waals surface area contributed by atoms with Crippen molar-refractivity contribution in [3.05, 3.63) is 28.3 Å². The predicted octanol–water partition coefficient (Wildman–Crippen LogP) is 3.80. The highest BCUT2D eigenvalue weighted by atomic mass is 35.5. The van der Waals surface area contributed by atoms with Crippen LogP contribution in [0.2, 0.25) is 5.02 Å². The van der Waals surface area contributed by atoms with Gasteiger partial charge in [0.2, 0.25) is 0 Å². The molecule has 0 aliphatic heterocycles. The molecule has 0 saturated heterocycles. The number of ether oxygens (including phenoxy) is 1. The summed E-state index contributed by atoms with van der Waals surface area (Å²) in [7, 11) is 1.51. The maximum absolute atomic E-state index is 12.9. The molecule has 2 rings (SSSR count). The minimum Gasteiger partial charge on any atom is -0.495 e. The molecule has 0 N–H and O–H groups in total. The van der Waals surface area contributed by atoms with E-state index in [1.54, 1.807) is 12.1 Å². The fourth-order valence-electron chi connectivity index (χ4n) is 2.97. The van der Waals surface area contributed by atoms with Gasteiger partial charge in [-0.3, -0.25) is 9.18 Å². The third kappa shape index (κ3) is 2.95. The van der Waals surface area contributed by atoms with E-state index < -0.39 is 12.1 Å². The number of benzene rings is 1. The first-order valence-corrected chi connectivity index (χ1v) is 7.28. The molecule has 0 radical (unpaired) electrons. The van der Waals surface area contributed by atoms with Crippen molar-refractivity contribution in [2.45, 2.75) is 32.6 Å². The number of carbonyl (C=O) groups excluding carboxylic acids is 2. The van der Waals surface area contributed by atoms with E-state index in [0.717, 1.165) is 5.56 Å². The van der Waals surface area contributed by atoms with Gasteiger partial charge in [0.25, 0.3) is 0 Å². The molecule has 1 atom stereocenters. The zero-order chi connectivity index (χ0) is 15.6. The monoisotopic (exact) mass is 312 g/mol. The van der Waals surface area contributed by atoms with Crippen LogP contribution in [0.25, 0.3) is 0 Å². The van der Waals surface area contributed by atoms with Crippen LogP contribution in [0.15, 0.2) is 12.1 Å². The fourth-order valence-corrected chi connectivity index (χ4v) is 3.21. The molecule has 21 heavy (non-hydrogen) atoms. The summed E-state index contributed by atoms with van der Waals surface area (Å²) in [5.74, 6) is 0.402. The number of hydrogen-bond donors (Lipinski definition) is 0. The topological polar surface area (TPSA) is 43.4 Å². The second-order valence-electron chi connectivity index (χ2n) is 5.57. The van der Waals surface area contributed by atoms with Crippen LogP contribution < -0.4 is 4.74 Å². The Labute approximate surface area is 128 Å². The molecule has 1 unspecified atom stereocenters. The lowest BCUT2D eigenvalue weighted by atomic mass is 9.76. The van der Waals surface area contributed by atoms with E-state index in [2.05, 4.69) is 0 Å². The second kappa shape index (κ2) is 6.14. The van der Waals surface area contributed by atoms with Crippen LogP contribution in [0, 0.1) is 5.41 Å². The summed E-state index contributed by atoms with van der Waals surface area (Å²) in [4.78, 5) is 23.9. The van der Waals surface area contributed by atoms with Crippen molar-refractivity contribution in [3.63, 3.8) is 0 Å². The molecule has 1 aliphatic rings. The maximum Gasteiger partial charge on any atom is 0.169 e. The Morgan fingerprint density at radius 1 is 1.43 bits per heavy atom. The van der Waals surface area contributed by atoms with Gasteiger partial charge in [-0.1, -0.05) is 11.6 Å². The van der Waals surface area contributed by atoms with Gasteiger partial charge in [0.05, 0.1) is 18.8 Å². The number of rotatable bonds is 6. The van der Waals surface area contributed by atoms with Crippen molar-refractivity contribution in [1.82, 2.24) is 0 Å². The number of Topliss-reactive ketones (excluding diaryl/α,β-unsaturated/α-hetero) is 2. The molecule has 0 fully saturated rings. The van der Waals surface area contributed by atoms with Crippen molar-refractivity contribution in [2.75, 3.05) is 13.8 Å². The SMILES string of the molecule is COc1cc2c(cc1Cl)C(=O)C(CCF)(CCC(C)=O)C2. The predicted molar refractivity (Wildman–Crippen MR) is 79.0 cm³/mol. The van der Waals surface area contributed by atoms with E-state index in [0.29, 0.717) is 29.2 Å². The second-order valence-corrected chi connectivity index (χ2v) is 5.98. The van der Waals surface area contributed by atoms with Crippen LogP contribution in [-0.4, -0.2) is 25.4 Å². The molecule has 0 spiro atoms. The lowest BCUT2D eigenvalue weighted by Gasteiger charge is -2.25. The number of ketones is 2. The Bertz CT molecular complexity index is 585. The summed E-state index contributed by atoms with van der Waals surface area (Å²) < 4.78 is 18.1. The van der Waals surface area contributed by atoms with Gasteiger partial charge in [0.15, 0.2) is 5.78 Å². The van der Waals surface area contributed by atoms with Gasteiger partial charge in [-0.25, -0.2) is 0 Å². The average molecular weight is 313 g/mol. The Hall–Kier alpha value is -1.42. The average Bonchev–Trinajstić information content (AvgIpc) is 2.70. The third-order valence-corrected chi connectivity index (χ3v) is 4.46. The maximum atomic E-state index is 12.9. The van der Waals surface area contributed by atoms with Crippen molar-refractivity contribution in [2.24, 2.45) is 5.41 Å².